The molecule has 1 amide bonds. The fraction of sp³-hybridized carbons (Fsp3) is 0.632. The molecule has 0 unspecified atom stereocenters. The first-order chi connectivity index (χ1) is 11.2. The normalized spacial score (nSPS) is 22.1. The van der Waals surface area contributed by atoms with Crippen molar-refractivity contribution in [1.82, 2.24) is 10.2 Å². The molecule has 1 aromatic rings. The molecule has 2 aliphatic rings. The number of benzene rings is 1. The van der Waals surface area contributed by atoms with Gasteiger partial charge < -0.3 is 10.2 Å². The van der Waals surface area contributed by atoms with Gasteiger partial charge in [0, 0.05) is 24.2 Å². The fourth-order valence-electron chi connectivity index (χ4n) is 4.22. The van der Waals surface area contributed by atoms with E-state index in [9.17, 15) is 4.79 Å². The predicted molar refractivity (Wildman–Crippen MR) is 94.9 cm³/mol. The quantitative estimate of drug-likeness (QED) is 0.913. The maximum absolute atomic E-state index is 13.4. The van der Waals surface area contributed by atoms with Crippen LogP contribution >= 0.6 is 11.6 Å². The fourth-order valence-corrected chi connectivity index (χ4v) is 4.35. The topological polar surface area (TPSA) is 32.3 Å². The zero-order valence-electron chi connectivity index (χ0n) is 14.0. The third-order valence-electron chi connectivity index (χ3n) is 5.70. The van der Waals surface area contributed by atoms with Gasteiger partial charge in [-0.15, -0.1) is 0 Å². The lowest BCUT2D eigenvalue weighted by Gasteiger charge is -2.42. The Labute approximate surface area is 144 Å². The minimum absolute atomic E-state index is 0.324. The Hall–Kier alpha value is -1.06. The molecule has 3 nitrogen and oxygen atoms in total. The number of amides is 1. The molecule has 1 aromatic carbocycles. The Kier molecular flexibility index (Phi) is 5.27. The smallest absolute Gasteiger partial charge is 0.233 e. The minimum Gasteiger partial charge on any atom is -0.342 e. The Morgan fingerprint density at radius 3 is 2.30 bits per heavy atom. The second-order valence-corrected chi connectivity index (χ2v) is 7.44. The van der Waals surface area contributed by atoms with Crippen molar-refractivity contribution in [3.63, 3.8) is 0 Å². The molecule has 1 aliphatic heterocycles. The van der Waals surface area contributed by atoms with Gasteiger partial charge >= 0.3 is 0 Å². The number of hydrogen-bond donors (Lipinski definition) is 1. The summed E-state index contributed by atoms with van der Waals surface area (Å²) in [6.45, 7) is 1.75. The SMILES string of the molecule is CNC1CCN(C(=O)C2(c3ccc(Cl)cc3)CCCCC2)CC1. The van der Waals surface area contributed by atoms with Crippen LogP contribution in [0.15, 0.2) is 24.3 Å². The van der Waals surface area contributed by atoms with Crippen LogP contribution in [0.1, 0.15) is 50.5 Å². The third-order valence-corrected chi connectivity index (χ3v) is 5.96. The summed E-state index contributed by atoms with van der Waals surface area (Å²) < 4.78 is 0. The van der Waals surface area contributed by atoms with E-state index in [0.29, 0.717) is 11.9 Å². The molecule has 4 heteroatoms. The van der Waals surface area contributed by atoms with Crippen LogP contribution in [0.25, 0.3) is 0 Å². The molecule has 3 rings (SSSR count). The van der Waals surface area contributed by atoms with Crippen molar-refractivity contribution in [2.24, 2.45) is 0 Å². The minimum atomic E-state index is -0.324. The lowest BCUT2D eigenvalue weighted by atomic mass is 9.68. The first-order valence-corrected chi connectivity index (χ1v) is 9.26. The van der Waals surface area contributed by atoms with Gasteiger partial charge in [0.2, 0.25) is 5.91 Å². The van der Waals surface area contributed by atoms with E-state index < -0.39 is 0 Å². The van der Waals surface area contributed by atoms with Crippen molar-refractivity contribution in [3.05, 3.63) is 34.9 Å². The summed E-state index contributed by atoms with van der Waals surface area (Å²) in [7, 11) is 2.01. The molecule has 1 saturated carbocycles. The highest BCUT2D eigenvalue weighted by molar-refractivity contribution is 6.30. The molecule has 0 radical (unpaired) electrons. The van der Waals surface area contributed by atoms with Crippen LogP contribution in [0.2, 0.25) is 5.02 Å². The lowest BCUT2D eigenvalue weighted by molar-refractivity contribution is -0.140. The highest BCUT2D eigenvalue weighted by Gasteiger charge is 2.43. The molecule has 1 heterocycles. The predicted octanol–water partition coefficient (Wildman–Crippen LogP) is 3.75. The van der Waals surface area contributed by atoms with Crippen molar-refractivity contribution >= 4 is 17.5 Å². The number of carbonyl (C=O) groups excluding carboxylic acids is 1. The van der Waals surface area contributed by atoms with Gasteiger partial charge in [-0.05, 0) is 50.4 Å². The maximum Gasteiger partial charge on any atom is 0.233 e. The van der Waals surface area contributed by atoms with Gasteiger partial charge in [0.05, 0.1) is 5.41 Å². The van der Waals surface area contributed by atoms with E-state index in [0.717, 1.165) is 62.2 Å². The van der Waals surface area contributed by atoms with Crippen molar-refractivity contribution < 1.29 is 4.79 Å². The Morgan fingerprint density at radius 2 is 1.74 bits per heavy atom. The van der Waals surface area contributed by atoms with Gasteiger partial charge in [0.25, 0.3) is 0 Å². The van der Waals surface area contributed by atoms with Crippen molar-refractivity contribution in [1.29, 1.82) is 0 Å². The van der Waals surface area contributed by atoms with Crippen LogP contribution in [0.3, 0.4) is 0 Å². The van der Waals surface area contributed by atoms with Crippen LogP contribution in [0.5, 0.6) is 0 Å². The number of nitrogens with zero attached hydrogens (tertiary/aromatic N) is 1. The van der Waals surface area contributed by atoms with Gasteiger partial charge in [0.15, 0.2) is 0 Å². The van der Waals surface area contributed by atoms with E-state index in [1.54, 1.807) is 0 Å². The standard InChI is InChI=1S/C19H27ClN2O/c1-21-17-9-13-22(14-10-17)18(23)19(11-3-2-4-12-19)15-5-7-16(20)8-6-15/h5-8,17,21H,2-4,9-14H2,1H3. The molecular weight excluding hydrogens is 308 g/mol. The van der Waals surface area contributed by atoms with E-state index in [-0.39, 0.29) is 5.41 Å². The third kappa shape index (κ3) is 3.41. The summed E-state index contributed by atoms with van der Waals surface area (Å²) in [5.41, 5.74) is 0.831. The van der Waals surface area contributed by atoms with Crippen LogP contribution < -0.4 is 5.32 Å². The zero-order valence-corrected chi connectivity index (χ0v) is 14.7. The van der Waals surface area contributed by atoms with E-state index in [1.165, 1.54) is 6.42 Å². The average molecular weight is 335 g/mol. The number of hydrogen-bond acceptors (Lipinski definition) is 2. The van der Waals surface area contributed by atoms with E-state index in [4.69, 9.17) is 11.6 Å². The molecule has 1 saturated heterocycles. The number of carbonyl (C=O) groups is 1. The summed E-state index contributed by atoms with van der Waals surface area (Å²) in [5, 5.41) is 4.08. The molecule has 0 aromatic heterocycles. The first kappa shape index (κ1) is 16.8. The number of nitrogens with one attached hydrogen (secondary N) is 1. The summed E-state index contributed by atoms with van der Waals surface area (Å²) in [6, 6.07) is 8.52. The van der Waals surface area contributed by atoms with E-state index in [2.05, 4.69) is 22.3 Å². The molecule has 1 N–H and O–H groups in total. The van der Waals surface area contributed by atoms with Gasteiger partial charge in [0.1, 0.15) is 0 Å². The molecule has 23 heavy (non-hydrogen) atoms. The number of rotatable bonds is 3. The van der Waals surface area contributed by atoms with Crippen molar-refractivity contribution in [2.75, 3.05) is 20.1 Å². The molecular formula is C19H27ClN2O. The van der Waals surface area contributed by atoms with Crippen LogP contribution in [0, 0.1) is 0 Å². The largest absolute Gasteiger partial charge is 0.342 e. The lowest BCUT2D eigenvalue weighted by Crippen LogP contribution is -2.52. The molecule has 0 atom stereocenters. The molecule has 0 bridgehead atoms. The highest BCUT2D eigenvalue weighted by atomic mass is 35.5. The number of piperidine rings is 1. The number of likely N-dealkylation sites (tertiary alicyclic amines) is 1. The van der Waals surface area contributed by atoms with Crippen LogP contribution in [0.4, 0.5) is 0 Å². The van der Waals surface area contributed by atoms with Crippen molar-refractivity contribution in [3.8, 4) is 0 Å². The van der Waals surface area contributed by atoms with Gasteiger partial charge in [-0.25, -0.2) is 0 Å². The van der Waals surface area contributed by atoms with Gasteiger partial charge in [-0.3, -0.25) is 4.79 Å². The second kappa shape index (κ2) is 7.23. The van der Waals surface area contributed by atoms with Gasteiger partial charge in [-0.2, -0.15) is 0 Å². The summed E-state index contributed by atoms with van der Waals surface area (Å²) in [5.74, 6) is 0.342. The molecule has 126 valence electrons. The van der Waals surface area contributed by atoms with Crippen molar-refractivity contribution in [2.45, 2.75) is 56.4 Å². The molecule has 1 aliphatic carbocycles. The highest BCUT2D eigenvalue weighted by Crippen LogP contribution is 2.41. The van der Waals surface area contributed by atoms with E-state index >= 15 is 0 Å². The van der Waals surface area contributed by atoms with Gasteiger partial charge in [-0.1, -0.05) is 43.0 Å². The molecule has 2 fully saturated rings. The number of halogens is 1. The monoisotopic (exact) mass is 334 g/mol. The summed E-state index contributed by atoms with van der Waals surface area (Å²) >= 11 is 6.05. The van der Waals surface area contributed by atoms with Crippen LogP contribution in [-0.4, -0.2) is 37.0 Å². The maximum atomic E-state index is 13.4. The summed E-state index contributed by atoms with van der Waals surface area (Å²) in [4.78, 5) is 15.5. The van der Waals surface area contributed by atoms with E-state index in [1.807, 2.05) is 19.2 Å². The average Bonchev–Trinajstić information content (AvgIpc) is 2.62. The molecule has 0 spiro atoms. The Balaban J connectivity index is 1.84. The Morgan fingerprint density at radius 1 is 1.13 bits per heavy atom. The zero-order chi connectivity index (χ0) is 16.3. The first-order valence-electron chi connectivity index (χ1n) is 8.88. The summed E-state index contributed by atoms with van der Waals surface area (Å²) in [6.07, 6.45) is 7.57. The second-order valence-electron chi connectivity index (χ2n) is 7.00. The Bertz CT molecular complexity index is 529. The van der Waals surface area contributed by atoms with Crippen LogP contribution in [-0.2, 0) is 10.2 Å².